The lowest BCUT2D eigenvalue weighted by molar-refractivity contribution is -0.663. The lowest BCUT2D eigenvalue weighted by Gasteiger charge is -2.17. The number of imidazole rings is 1. The van der Waals surface area contributed by atoms with Crippen molar-refractivity contribution < 1.29 is 26.3 Å². The first-order valence-electron chi connectivity index (χ1n) is 12.1. The summed E-state index contributed by atoms with van der Waals surface area (Å²) in [4.78, 5) is 0. The number of halogens is 1. The molecule has 0 bridgehead atoms. The van der Waals surface area contributed by atoms with Crippen molar-refractivity contribution in [2.24, 2.45) is 0 Å². The van der Waals surface area contributed by atoms with Crippen molar-refractivity contribution in [3.05, 3.63) is 121 Å². The normalized spacial score (nSPS) is 12.4. The molecule has 0 aliphatic carbocycles. The number of nitrogens with zero attached hydrogens (tertiary/aromatic N) is 2. The van der Waals surface area contributed by atoms with Crippen molar-refractivity contribution >= 4 is 43.4 Å². The predicted octanol–water partition coefficient (Wildman–Crippen LogP) is 4.48. The molecule has 176 valence electrons. The molecule has 1 unspecified atom stereocenters. The quantitative estimate of drug-likeness (QED) is 0.236. The van der Waals surface area contributed by atoms with E-state index in [1.165, 1.54) is 38.0 Å². The maximum Gasteiger partial charge on any atom is 0.248 e. The summed E-state index contributed by atoms with van der Waals surface area (Å²) in [7, 11) is 0. The minimum Gasteiger partial charge on any atom is -1.00 e. The zero-order valence-corrected chi connectivity index (χ0v) is 21.5. The Kier molecular flexibility index (Phi) is 5.62. The fourth-order valence-electron chi connectivity index (χ4n) is 5.45. The maximum atomic E-state index is 6.68. The molecule has 1 aromatic heterocycles. The molecule has 6 aromatic carbocycles. The number of ether oxygens (including phenoxy) is 1. The Balaban J connectivity index is 0.00000240. The average molecular weight is 533 g/mol. The molecule has 36 heavy (non-hydrogen) atoms. The Bertz CT molecular complexity index is 1810. The molecule has 0 amide bonds. The largest absolute Gasteiger partial charge is 1.00 e. The lowest BCUT2D eigenvalue weighted by atomic mass is 9.94. The first-order chi connectivity index (χ1) is 17.3. The maximum absolute atomic E-state index is 6.68. The Hall–Kier alpha value is -3.89. The highest BCUT2D eigenvalue weighted by Gasteiger charge is 2.22. The van der Waals surface area contributed by atoms with Crippen LogP contribution in [0.3, 0.4) is 0 Å². The van der Waals surface area contributed by atoms with Crippen LogP contribution in [0.4, 0.5) is 0 Å². The van der Waals surface area contributed by atoms with Crippen LogP contribution in [0.2, 0.25) is 0 Å². The predicted molar refractivity (Wildman–Crippen MR) is 143 cm³/mol. The smallest absolute Gasteiger partial charge is 0.248 e. The van der Waals surface area contributed by atoms with Gasteiger partial charge in [0.25, 0.3) is 0 Å². The first kappa shape index (κ1) is 22.6. The molecule has 4 heteroatoms. The summed E-state index contributed by atoms with van der Waals surface area (Å²) in [6.45, 7) is 2.94. The third kappa shape index (κ3) is 3.61. The summed E-state index contributed by atoms with van der Waals surface area (Å²) in [5, 5.41) is 7.53. The van der Waals surface area contributed by atoms with Gasteiger partial charge in [-0.15, -0.1) is 0 Å². The molecule has 0 aliphatic rings. The zero-order valence-electron chi connectivity index (χ0n) is 19.9. The standard InChI is InChI=1S/C32H25N2O.BrH/c1-22(34-21-33(20-23-8-3-2-4-9-23)28-12-5-6-13-29(28)34)35-30-19-17-26-15-14-24-10-7-11-25-16-18-27(30)32(26)31(24)25;/h2-19,21-22H,20H2,1H3;1H/q+1;/p-1. The molecule has 7 rings (SSSR count). The number of rotatable bonds is 5. The van der Waals surface area contributed by atoms with Gasteiger partial charge in [0.1, 0.15) is 12.3 Å². The monoisotopic (exact) mass is 532 g/mol. The van der Waals surface area contributed by atoms with E-state index in [0.717, 1.165) is 23.2 Å². The molecular formula is C32H25BrN2O. The van der Waals surface area contributed by atoms with Crippen molar-refractivity contribution in [3.8, 4) is 5.75 Å². The lowest BCUT2D eigenvalue weighted by Crippen LogP contribution is -3.00. The number of benzene rings is 6. The molecular weight excluding hydrogens is 508 g/mol. The average Bonchev–Trinajstić information content (AvgIpc) is 3.27. The van der Waals surface area contributed by atoms with Gasteiger partial charge in [-0.2, -0.15) is 4.57 Å². The minimum atomic E-state index is -0.171. The van der Waals surface area contributed by atoms with Crippen LogP contribution < -0.4 is 26.3 Å². The van der Waals surface area contributed by atoms with Crippen molar-refractivity contribution in [3.63, 3.8) is 0 Å². The summed E-state index contributed by atoms with van der Waals surface area (Å²) in [5.41, 5.74) is 3.64. The molecule has 0 radical (unpaired) electrons. The molecule has 7 aromatic rings. The Morgan fingerprint density at radius 3 is 2.17 bits per heavy atom. The molecule has 0 spiro atoms. The van der Waals surface area contributed by atoms with Gasteiger partial charge in [-0.3, -0.25) is 0 Å². The van der Waals surface area contributed by atoms with Crippen molar-refractivity contribution in [1.29, 1.82) is 0 Å². The van der Waals surface area contributed by atoms with Crippen LogP contribution in [0.25, 0.3) is 43.4 Å². The van der Waals surface area contributed by atoms with E-state index in [1.807, 2.05) is 0 Å². The molecule has 0 N–H and O–H groups in total. The molecule has 1 heterocycles. The zero-order chi connectivity index (χ0) is 23.4. The van der Waals surface area contributed by atoms with Crippen molar-refractivity contribution in [2.75, 3.05) is 0 Å². The van der Waals surface area contributed by atoms with Crippen LogP contribution in [0.15, 0.2) is 116 Å². The van der Waals surface area contributed by atoms with Gasteiger partial charge < -0.3 is 21.7 Å². The molecule has 0 fully saturated rings. The van der Waals surface area contributed by atoms with E-state index in [-0.39, 0.29) is 23.2 Å². The second kappa shape index (κ2) is 8.96. The van der Waals surface area contributed by atoms with Crippen LogP contribution in [0.1, 0.15) is 18.7 Å². The summed E-state index contributed by atoms with van der Waals surface area (Å²) in [6, 6.07) is 38.8. The number of hydrogen-bond donors (Lipinski definition) is 0. The van der Waals surface area contributed by atoms with E-state index in [4.69, 9.17) is 4.74 Å². The van der Waals surface area contributed by atoms with Gasteiger partial charge in [0, 0.05) is 17.7 Å². The van der Waals surface area contributed by atoms with Crippen molar-refractivity contribution in [2.45, 2.75) is 19.7 Å². The first-order valence-corrected chi connectivity index (χ1v) is 12.1. The number of fused-ring (bicyclic) bond motifs is 1. The van der Waals surface area contributed by atoms with Gasteiger partial charge in [-0.1, -0.05) is 84.9 Å². The fourth-order valence-corrected chi connectivity index (χ4v) is 5.45. The minimum absolute atomic E-state index is 0. The van der Waals surface area contributed by atoms with Crippen LogP contribution in [-0.4, -0.2) is 4.57 Å². The number of para-hydroxylation sites is 2. The van der Waals surface area contributed by atoms with Crippen LogP contribution >= 0.6 is 0 Å². The third-order valence-corrected chi connectivity index (χ3v) is 7.11. The van der Waals surface area contributed by atoms with E-state index in [1.54, 1.807) is 0 Å². The topological polar surface area (TPSA) is 18.0 Å². The van der Waals surface area contributed by atoms with Crippen molar-refractivity contribution in [1.82, 2.24) is 4.57 Å². The highest BCUT2D eigenvalue weighted by atomic mass is 79.9. The molecule has 3 nitrogen and oxygen atoms in total. The summed E-state index contributed by atoms with van der Waals surface area (Å²) in [5.74, 6) is 0.913. The summed E-state index contributed by atoms with van der Waals surface area (Å²) >= 11 is 0. The Labute approximate surface area is 220 Å². The molecule has 0 aliphatic heterocycles. The van der Waals surface area contributed by atoms with Gasteiger partial charge in [-0.05, 0) is 51.4 Å². The number of aromatic nitrogens is 2. The Morgan fingerprint density at radius 1 is 0.694 bits per heavy atom. The SMILES string of the molecule is CC(Oc1ccc2ccc3cccc4ccc1c2c34)n1c[n+](Cc2ccccc2)c2ccccc21.[Br-]. The van der Waals surface area contributed by atoms with Gasteiger partial charge in [0.15, 0.2) is 11.0 Å². The van der Waals surface area contributed by atoms with Gasteiger partial charge in [-0.25, -0.2) is 4.57 Å². The van der Waals surface area contributed by atoms with E-state index in [9.17, 15) is 0 Å². The van der Waals surface area contributed by atoms with E-state index < -0.39 is 0 Å². The second-order valence-corrected chi connectivity index (χ2v) is 9.26. The third-order valence-electron chi connectivity index (χ3n) is 7.11. The summed E-state index contributed by atoms with van der Waals surface area (Å²) < 4.78 is 11.2. The Morgan fingerprint density at radius 2 is 1.36 bits per heavy atom. The van der Waals surface area contributed by atoms with E-state index in [2.05, 4.69) is 132 Å². The molecule has 0 saturated heterocycles. The fraction of sp³-hybridized carbons (Fsp3) is 0.0938. The van der Waals surface area contributed by atoms with Gasteiger partial charge in [0.05, 0.1) is 0 Å². The molecule has 0 saturated carbocycles. The highest BCUT2D eigenvalue weighted by Crippen LogP contribution is 2.39. The number of hydrogen-bond acceptors (Lipinski definition) is 1. The van der Waals surface area contributed by atoms with Gasteiger partial charge in [0.2, 0.25) is 12.6 Å². The second-order valence-electron chi connectivity index (χ2n) is 9.26. The summed E-state index contributed by atoms with van der Waals surface area (Å²) in [6.07, 6.45) is 2.01. The van der Waals surface area contributed by atoms with E-state index >= 15 is 0 Å². The highest BCUT2D eigenvalue weighted by molar-refractivity contribution is 6.24. The van der Waals surface area contributed by atoms with Crippen LogP contribution in [0.5, 0.6) is 5.75 Å². The van der Waals surface area contributed by atoms with Gasteiger partial charge >= 0.3 is 0 Å². The van der Waals surface area contributed by atoms with Crippen LogP contribution in [-0.2, 0) is 6.54 Å². The van der Waals surface area contributed by atoms with E-state index in [0.29, 0.717) is 0 Å². The molecule has 1 atom stereocenters. The van der Waals surface area contributed by atoms with Crippen LogP contribution in [0, 0.1) is 0 Å².